The summed E-state index contributed by atoms with van der Waals surface area (Å²) in [5.74, 6) is 2.29. The van der Waals surface area contributed by atoms with E-state index in [1.54, 1.807) is 13.3 Å². The number of methoxy groups -OCH3 is 1. The van der Waals surface area contributed by atoms with Gasteiger partial charge in [-0.25, -0.2) is 9.97 Å². The Morgan fingerprint density at radius 2 is 2.21 bits per heavy atom. The van der Waals surface area contributed by atoms with Crippen LogP contribution in [0.15, 0.2) is 34.9 Å². The second-order valence-corrected chi connectivity index (χ2v) is 4.90. The molecule has 4 nitrogen and oxygen atoms in total. The molecule has 19 heavy (non-hydrogen) atoms. The summed E-state index contributed by atoms with van der Waals surface area (Å²) in [5, 5.41) is 3.27. The molecule has 2 aromatic rings. The van der Waals surface area contributed by atoms with Gasteiger partial charge in [-0.05, 0) is 34.5 Å². The van der Waals surface area contributed by atoms with Crippen molar-refractivity contribution in [1.29, 1.82) is 0 Å². The minimum atomic E-state index is 0.681. The molecule has 0 saturated heterocycles. The Kier molecular flexibility index (Phi) is 4.74. The van der Waals surface area contributed by atoms with Crippen LogP contribution in [0.5, 0.6) is 5.75 Å². The van der Waals surface area contributed by atoms with E-state index in [2.05, 4.69) is 38.1 Å². The number of nitrogens with zero attached hydrogens (tertiary/aromatic N) is 2. The van der Waals surface area contributed by atoms with Crippen molar-refractivity contribution >= 4 is 21.7 Å². The van der Waals surface area contributed by atoms with Crippen LogP contribution in [0.4, 0.5) is 5.82 Å². The predicted octanol–water partition coefficient (Wildman–Crippen LogP) is 3.74. The van der Waals surface area contributed by atoms with Gasteiger partial charge in [0.1, 0.15) is 11.6 Å². The fourth-order valence-corrected chi connectivity index (χ4v) is 1.97. The standard InChI is InChI=1S/C14H16BrN3O/c1-3-7-16-14-12(15)9-17-13(18-14)10-5-4-6-11(8-10)19-2/h4-6,8-9H,3,7H2,1-2H3,(H,16,17,18). The molecule has 0 fully saturated rings. The quantitative estimate of drug-likeness (QED) is 0.911. The highest BCUT2D eigenvalue weighted by Gasteiger charge is 2.07. The number of ether oxygens (including phenoxy) is 1. The molecule has 2 rings (SSSR count). The summed E-state index contributed by atoms with van der Waals surface area (Å²) >= 11 is 3.45. The number of halogens is 1. The van der Waals surface area contributed by atoms with Crippen LogP contribution in [0.2, 0.25) is 0 Å². The van der Waals surface area contributed by atoms with Crippen molar-refractivity contribution in [3.8, 4) is 17.1 Å². The molecule has 1 N–H and O–H groups in total. The van der Waals surface area contributed by atoms with E-state index in [0.717, 1.165) is 34.6 Å². The van der Waals surface area contributed by atoms with Crippen LogP contribution in [-0.4, -0.2) is 23.6 Å². The third-order valence-electron chi connectivity index (χ3n) is 2.61. The third kappa shape index (κ3) is 3.44. The minimum Gasteiger partial charge on any atom is -0.497 e. The predicted molar refractivity (Wildman–Crippen MR) is 80.5 cm³/mol. The first-order chi connectivity index (χ1) is 9.24. The van der Waals surface area contributed by atoms with Gasteiger partial charge < -0.3 is 10.1 Å². The van der Waals surface area contributed by atoms with E-state index in [0.29, 0.717) is 5.82 Å². The first-order valence-electron chi connectivity index (χ1n) is 6.15. The highest BCUT2D eigenvalue weighted by atomic mass is 79.9. The van der Waals surface area contributed by atoms with E-state index in [9.17, 15) is 0 Å². The molecule has 0 bridgehead atoms. The first-order valence-corrected chi connectivity index (χ1v) is 6.94. The second-order valence-electron chi connectivity index (χ2n) is 4.05. The number of aromatic nitrogens is 2. The monoisotopic (exact) mass is 321 g/mol. The van der Waals surface area contributed by atoms with E-state index < -0.39 is 0 Å². The largest absolute Gasteiger partial charge is 0.497 e. The zero-order valence-electron chi connectivity index (χ0n) is 11.0. The number of benzene rings is 1. The molecule has 5 heteroatoms. The zero-order valence-corrected chi connectivity index (χ0v) is 12.6. The summed E-state index contributed by atoms with van der Waals surface area (Å²) < 4.78 is 6.08. The van der Waals surface area contributed by atoms with Gasteiger partial charge in [0.25, 0.3) is 0 Å². The maximum atomic E-state index is 5.21. The van der Waals surface area contributed by atoms with Crippen LogP contribution in [0.3, 0.4) is 0 Å². The molecular weight excluding hydrogens is 306 g/mol. The molecule has 0 aliphatic heterocycles. The van der Waals surface area contributed by atoms with Crippen molar-refractivity contribution in [2.24, 2.45) is 0 Å². The lowest BCUT2D eigenvalue weighted by molar-refractivity contribution is 0.415. The Labute approximate surface area is 121 Å². The lowest BCUT2D eigenvalue weighted by Crippen LogP contribution is -2.04. The molecule has 0 aliphatic rings. The molecule has 1 heterocycles. The number of hydrogen-bond acceptors (Lipinski definition) is 4. The van der Waals surface area contributed by atoms with Gasteiger partial charge in [0.15, 0.2) is 5.82 Å². The lowest BCUT2D eigenvalue weighted by Gasteiger charge is -2.08. The first kappa shape index (κ1) is 13.8. The summed E-state index contributed by atoms with van der Waals surface area (Å²) in [6.45, 7) is 3.00. The lowest BCUT2D eigenvalue weighted by atomic mass is 10.2. The van der Waals surface area contributed by atoms with Crippen molar-refractivity contribution in [3.05, 3.63) is 34.9 Å². The van der Waals surface area contributed by atoms with Gasteiger partial charge in [0.05, 0.1) is 11.6 Å². The SMILES string of the molecule is CCCNc1nc(-c2cccc(OC)c2)ncc1Br. The zero-order chi connectivity index (χ0) is 13.7. The minimum absolute atomic E-state index is 0.681. The Morgan fingerprint density at radius 1 is 1.37 bits per heavy atom. The maximum absolute atomic E-state index is 5.21. The topological polar surface area (TPSA) is 47.0 Å². The summed E-state index contributed by atoms with van der Waals surface area (Å²) in [7, 11) is 1.65. The smallest absolute Gasteiger partial charge is 0.161 e. The number of rotatable bonds is 5. The van der Waals surface area contributed by atoms with Crippen molar-refractivity contribution in [2.45, 2.75) is 13.3 Å². The van der Waals surface area contributed by atoms with Gasteiger partial charge in [-0.3, -0.25) is 0 Å². The van der Waals surface area contributed by atoms with Crippen LogP contribution in [-0.2, 0) is 0 Å². The van der Waals surface area contributed by atoms with Crippen LogP contribution in [0, 0.1) is 0 Å². The van der Waals surface area contributed by atoms with E-state index >= 15 is 0 Å². The van der Waals surface area contributed by atoms with Crippen molar-refractivity contribution < 1.29 is 4.74 Å². The Morgan fingerprint density at radius 3 is 2.95 bits per heavy atom. The average Bonchev–Trinajstić information content (AvgIpc) is 2.46. The Hall–Kier alpha value is -1.62. The van der Waals surface area contributed by atoms with Crippen molar-refractivity contribution in [2.75, 3.05) is 19.0 Å². The summed E-state index contributed by atoms with van der Waals surface area (Å²) in [6, 6.07) is 7.72. The highest BCUT2D eigenvalue weighted by Crippen LogP contribution is 2.25. The molecular formula is C14H16BrN3O. The van der Waals surface area contributed by atoms with Crippen LogP contribution in [0.25, 0.3) is 11.4 Å². The van der Waals surface area contributed by atoms with Crippen molar-refractivity contribution in [1.82, 2.24) is 9.97 Å². The Bertz CT molecular complexity index is 560. The summed E-state index contributed by atoms with van der Waals surface area (Å²) in [6.07, 6.45) is 2.81. The molecule has 1 aromatic carbocycles. The molecule has 100 valence electrons. The third-order valence-corrected chi connectivity index (χ3v) is 3.19. The molecule has 0 radical (unpaired) electrons. The van der Waals surface area contributed by atoms with Crippen LogP contribution in [0.1, 0.15) is 13.3 Å². The second kappa shape index (κ2) is 6.52. The van der Waals surface area contributed by atoms with Gasteiger partial charge in [-0.2, -0.15) is 0 Å². The summed E-state index contributed by atoms with van der Waals surface area (Å²) in [5.41, 5.74) is 0.936. The van der Waals surface area contributed by atoms with Crippen molar-refractivity contribution in [3.63, 3.8) is 0 Å². The number of anilines is 1. The fraction of sp³-hybridized carbons (Fsp3) is 0.286. The summed E-state index contributed by atoms with van der Waals surface area (Å²) in [4.78, 5) is 8.87. The fourth-order valence-electron chi connectivity index (χ4n) is 1.64. The molecule has 0 unspecified atom stereocenters. The van der Waals surface area contributed by atoms with E-state index in [-0.39, 0.29) is 0 Å². The molecule has 0 aliphatic carbocycles. The van der Waals surface area contributed by atoms with Gasteiger partial charge in [0, 0.05) is 18.3 Å². The van der Waals surface area contributed by atoms with Gasteiger partial charge >= 0.3 is 0 Å². The van der Waals surface area contributed by atoms with Gasteiger partial charge in [-0.1, -0.05) is 19.1 Å². The molecule has 1 aromatic heterocycles. The van der Waals surface area contributed by atoms with Gasteiger partial charge in [-0.15, -0.1) is 0 Å². The van der Waals surface area contributed by atoms with Gasteiger partial charge in [0.2, 0.25) is 0 Å². The molecule has 0 amide bonds. The normalized spacial score (nSPS) is 10.3. The highest BCUT2D eigenvalue weighted by molar-refractivity contribution is 9.10. The van der Waals surface area contributed by atoms with Crippen LogP contribution < -0.4 is 10.1 Å². The molecule has 0 spiro atoms. The maximum Gasteiger partial charge on any atom is 0.161 e. The average molecular weight is 322 g/mol. The number of hydrogen-bond donors (Lipinski definition) is 1. The van der Waals surface area contributed by atoms with E-state index in [1.165, 1.54) is 0 Å². The van der Waals surface area contributed by atoms with E-state index in [1.807, 2.05) is 24.3 Å². The Balaban J connectivity index is 2.33. The van der Waals surface area contributed by atoms with E-state index in [4.69, 9.17) is 4.74 Å². The van der Waals surface area contributed by atoms with Crippen LogP contribution >= 0.6 is 15.9 Å². The number of nitrogens with one attached hydrogen (secondary N) is 1. The molecule has 0 saturated carbocycles. The molecule has 0 atom stereocenters.